The lowest BCUT2D eigenvalue weighted by atomic mass is 9.86. The standard InChI is InChI=1S/C20H23NO6/c22-19(21-12-17(20(23)24)14-6-9-25-10-7-14)18-15(8-11-26-18)13-27-16-4-2-1-3-5-16/h1-5,8,11,14,17H,6-7,9-10,12-13H2,(H,21,22)(H,23,24). The highest BCUT2D eigenvalue weighted by atomic mass is 16.5. The summed E-state index contributed by atoms with van der Waals surface area (Å²) < 4.78 is 16.2. The summed E-state index contributed by atoms with van der Waals surface area (Å²) in [7, 11) is 0. The molecule has 1 aromatic carbocycles. The van der Waals surface area contributed by atoms with Crippen LogP contribution in [0, 0.1) is 11.8 Å². The Hall–Kier alpha value is -2.80. The van der Waals surface area contributed by atoms with Crippen LogP contribution in [0.4, 0.5) is 0 Å². The number of carbonyl (C=O) groups excluding carboxylic acids is 1. The summed E-state index contributed by atoms with van der Waals surface area (Å²) in [6.07, 6.45) is 2.79. The monoisotopic (exact) mass is 373 g/mol. The molecular weight excluding hydrogens is 350 g/mol. The molecule has 144 valence electrons. The second-order valence-corrected chi connectivity index (χ2v) is 6.48. The number of carboxylic acid groups (broad SMARTS) is 1. The summed E-state index contributed by atoms with van der Waals surface area (Å²) in [5.74, 6) is -1.16. The van der Waals surface area contributed by atoms with Gasteiger partial charge in [-0.3, -0.25) is 9.59 Å². The minimum Gasteiger partial charge on any atom is -0.489 e. The predicted octanol–water partition coefficient (Wildman–Crippen LogP) is 2.72. The van der Waals surface area contributed by atoms with Crippen molar-refractivity contribution in [3.63, 3.8) is 0 Å². The molecule has 2 aromatic rings. The van der Waals surface area contributed by atoms with Gasteiger partial charge in [0, 0.05) is 25.3 Å². The molecule has 1 saturated heterocycles. The molecule has 1 atom stereocenters. The number of aliphatic carboxylic acids is 1. The van der Waals surface area contributed by atoms with Crippen LogP contribution in [0.5, 0.6) is 5.75 Å². The number of hydrogen-bond donors (Lipinski definition) is 2. The first kappa shape index (κ1) is 19.0. The first-order chi connectivity index (χ1) is 13.1. The van der Waals surface area contributed by atoms with E-state index in [2.05, 4.69) is 5.32 Å². The number of carboxylic acids is 1. The van der Waals surface area contributed by atoms with E-state index in [1.807, 2.05) is 30.3 Å². The van der Waals surface area contributed by atoms with Crippen LogP contribution in [-0.2, 0) is 16.1 Å². The van der Waals surface area contributed by atoms with Crippen molar-refractivity contribution in [3.8, 4) is 5.75 Å². The zero-order valence-corrected chi connectivity index (χ0v) is 14.9. The molecule has 0 saturated carbocycles. The maximum atomic E-state index is 12.5. The molecular formula is C20H23NO6. The molecule has 7 heteroatoms. The topological polar surface area (TPSA) is 98.0 Å². The highest BCUT2D eigenvalue weighted by Crippen LogP contribution is 2.24. The van der Waals surface area contributed by atoms with Crippen molar-refractivity contribution in [2.24, 2.45) is 11.8 Å². The van der Waals surface area contributed by atoms with Crippen LogP contribution in [-0.4, -0.2) is 36.7 Å². The van der Waals surface area contributed by atoms with Crippen molar-refractivity contribution in [1.82, 2.24) is 5.32 Å². The Balaban J connectivity index is 1.57. The molecule has 1 fully saturated rings. The molecule has 0 spiro atoms. The van der Waals surface area contributed by atoms with Gasteiger partial charge >= 0.3 is 5.97 Å². The van der Waals surface area contributed by atoms with Gasteiger partial charge in [0.2, 0.25) is 0 Å². The van der Waals surface area contributed by atoms with Crippen molar-refractivity contribution in [2.75, 3.05) is 19.8 Å². The lowest BCUT2D eigenvalue weighted by molar-refractivity contribution is -0.144. The van der Waals surface area contributed by atoms with E-state index in [1.165, 1.54) is 6.26 Å². The number of hydrogen-bond acceptors (Lipinski definition) is 5. The van der Waals surface area contributed by atoms with Gasteiger partial charge in [-0.15, -0.1) is 0 Å². The Morgan fingerprint density at radius 1 is 1.19 bits per heavy atom. The fraction of sp³-hybridized carbons (Fsp3) is 0.400. The van der Waals surface area contributed by atoms with Crippen LogP contribution < -0.4 is 10.1 Å². The molecule has 1 aliphatic heterocycles. The molecule has 2 heterocycles. The predicted molar refractivity (Wildman–Crippen MR) is 96.5 cm³/mol. The van der Waals surface area contributed by atoms with Crippen molar-refractivity contribution >= 4 is 11.9 Å². The van der Waals surface area contributed by atoms with Crippen molar-refractivity contribution in [1.29, 1.82) is 0 Å². The molecule has 2 N–H and O–H groups in total. The fourth-order valence-corrected chi connectivity index (χ4v) is 3.18. The molecule has 27 heavy (non-hydrogen) atoms. The Bertz CT molecular complexity index is 751. The van der Waals surface area contributed by atoms with Crippen LogP contribution in [0.1, 0.15) is 29.0 Å². The second kappa shape index (κ2) is 9.23. The van der Waals surface area contributed by atoms with E-state index >= 15 is 0 Å². The summed E-state index contributed by atoms with van der Waals surface area (Å²) in [4.78, 5) is 24.1. The van der Waals surface area contributed by atoms with E-state index in [0.717, 1.165) is 0 Å². The number of furan rings is 1. The molecule has 0 radical (unpaired) electrons. The van der Waals surface area contributed by atoms with E-state index in [9.17, 15) is 14.7 Å². The zero-order valence-electron chi connectivity index (χ0n) is 14.9. The third-order valence-electron chi connectivity index (χ3n) is 4.73. The van der Waals surface area contributed by atoms with Crippen LogP contribution in [0.15, 0.2) is 47.1 Å². The third-order valence-corrected chi connectivity index (χ3v) is 4.73. The lowest BCUT2D eigenvalue weighted by Crippen LogP contribution is -2.39. The largest absolute Gasteiger partial charge is 0.489 e. The highest BCUT2D eigenvalue weighted by molar-refractivity contribution is 5.93. The van der Waals surface area contributed by atoms with Crippen LogP contribution >= 0.6 is 0 Å². The summed E-state index contributed by atoms with van der Waals surface area (Å²) >= 11 is 0. The van der Waals surface area contributed by atoms with Crippen molar-refractivity contribution < 1.29 is 28.6 Å². The van der Waals surface area contributed by atoms with Crippen LogP contribution in [0.25, 0.3) is 0 Å². The maximum absolute atomic E-state index is 12.5. The van der Waals surface area contributed by atoms with Gasteiger partial charge in [0.05, 0.1) is 12.2 Å². The Kier molecular flexibility index (Phi) is 6.49. The normalized spacial score (nSPS) is 15.9. The number of benzene rings is 1. The van der Waals surface area contributed by atoms with Gasteiger partial charge in [-0.25, -0.2) is 0 Å². The average molecular weight is 373 g/mol. The first-order valence-electron chi connectivity index (χ1n) is 8.98. The summed E-state index contributed by atoms with van der Waals surface area (Å²) in [5.41, 5.74) is 0.606. The lowest BCUT2D eigenvalue weighted by Gasteiger charge is -2.27. The van der Waals surface area contributed by atoms with Gasteiger partial charge in [-0.05, 0) is 37.0 Å². The van der Waals surface area contributed by atoms with Crippen molar-refractivity contribution in [2.45, 2.75) is 19.4 Å². The fourth-order valence-electron chi connectivity index (χ4n) is 3.18. The minimum atomic E-state index is -0.908. The van der Waals surface area contributed by atoms with Gasteiger partial charge in [-0.1, -0.05) is 18.2 Å². The van der Waals surface area contributed by atoms with Crippen molar-refractivity contribution in [3.05, 3.63) is 54.0 Å². The van der Waals surface area contributed by atoms with E-state index in [-0.39, 0.29) is 24.8 Å². The van der Waals surface area contributed by atoms with Crippen LogP contribution in [0.3, 0.4) is 0 Å². The Labute approximate surface area is 157 Å². The van der Waals surface area contributed by atoms with E-state index in [1.54, 1.807) is 6.07 Å². The quantitative estimate of drug-likeness (QED) is 0.738. The summed E-state index contributed by atoms with van der Waals surface area (Å²) in [6, 6.07) is 10.9. The molecule has 1 unspecified atom stereocenters. The maximum Gasteiger partial charge on any atom is 0.308 e. The third kappa shape index (κ3) is 5.10. The number of rotatable bonds is 8. The van der Waals surface area contributed by atoms with E-state index in [4.69, 9.17) is 13.9 Å². The Morgan fingerprint density at radius 3 is 2.63 bits per heavy atom. The minimum absolute atomic E-state index is 0.00552. The summed E-state index contributed by atoms with van der Waals surface area (Å²) in [5, 5.41) is 12.2. The number of para-hydroxylation sites is 1. The van der Waals surface area contributed by atoms with E-state index in [0.29, 0.717) is 37.4 Å². The molecule has 1 amide bonds. The molecule has 3 rings (SSSR count). The molecule has 1 aliphatic rings. The first-order valence-corrected chi connectivity index (χ1v) is 8.98. The molecule has 1 aromatic heterocycles. The van der Waals surface area contributed by atoms with Gasteiger partial charge in [-0.2, -0.15) is 0 Å². The smallest absolute Gasteiger partial charge is 0.308 e. The zero-order chi connectivity index (χ0) is 19.1. The van der Waals surface area contributed by atoms with E-state index < -0.39 is 17.8 Å². The average Bonchev–Trinajstić information content (AvgIpc) is 3.16. The van der Waals surface area contributed by atoms with Gasteiger partial charge in [0.15, 0.2) is 5.76 Å². The second-order valence-electron chi connectivity index (χ2n) is 6.48. The number of nitrogens with one attached hydrogen (secondary N) is 1. The number of ether oxygens (including phenoxy) is 2. The van der Waals surface area contributed by atoms with Gasteiger partial charge in [0.25, 0.3) is 5.91 Å². The number of carbonyl (C=O) groups is 2. The molecule has 7 nitrogen and oxygen atoms in total. The SMILES string of the molecule is O=C(NCC(C(=O)O)C1CCOCC1)c1occc1COc1ccccc1. The summed E-state index contributed by atoms with van der Waals surface area (Å²) in [6.45, 7) is 1.35. The van der Waals surface area contributed by atoms with Gasteiger partial charge in [0.1, 0.15) is 12.4 Å². The van der Waals surface area contributed by atoms with Gasteiger partial charge < -0.3 is 24.3 Å². The Morgan fingerprint density at radius 2 is 1.93 bits per heavy atom. The molecule has 0 aliphatic carbocycles. The number of amides is 1. The molecule has 0 bridgehead atoms. The van der Waals surface area contributed by atoms with Crippen LogP contribution in [0.2, 0.25) is 0 Å². The highest BCUT2D eigenvalue weighted by Gasteiger charge is 2.30.